The number of hydrogen-bond donors (Lipinski definition) is 1. The van der Waals surface area contributed by atoms with Crippen molar-refractivity contribution in [3.63, 3.8) is 0 Å². The highest BCUT2D eigenvalue weighted by Crippen LogP contribution is 2.17. The van der Waals surface area contributed by atoms with E-state index in [-0.39, 0.29) is 11.8 Å². The van der Waals surface area contributed by atoms with Gasteiger partial charge < -0.3 is 10.1 Å². The summed E-state index contributed by atoms with van der Waals surface area (Å²) in [6, 6.07) is 6.49. The van der Waals surface area contributed by atoms with Gasteiger partial charge in [0, 0.05) is 5.56 Å². The number of aromatic nitrogens is 2. The molecular weight excluding hydrogens is 342 g/mol. The van der Waals surface area contributed by atoms with E-state index in [1.165, 1.54) is 6.20 Å². The fourth-order valence-electron chi connectivity index (χ4n) is 1.77. The van der Waals surface area contributed by atoms with Gasteiger partial charge in [0.05, 0.1) is 24.1 Å². The average molecular weight is 357 g/mol. The second-order valence-electron chi connectivity index (χ2n) is 5.00. The molecule has 2 aromatic rings. The summed E-state index contributed by atoms with van der Waals surface area (Å²) >= 11 is 0. The van der Waals surface area contributed by atoms with Crippen molar-refractivity contribution >= 4 is 20.5 Å². The van der Waals surface area contributed by atoms with Gasteiger partial charge in [-0.25, -0.2) is 4.98 Å². The van der Waals surface area contributed by atoms with E-state index in [0.717, 1.165) is 11.5 Å². The molecule has 2 atom stereocenters. The van der Waals surface area contributed by atoms with Crippen LogP contribution >= 0.6 is 9.24 Å². The van der Waals surface area contributed by atoms with Gasteiger partial charge in [-0.2, -0.15) is 13.2 Å². The number of alkyl halides is 3. The zero-order chi connectivity index (χ0) is 17.7. The van der Waals surface area contributed by atoms with Crippen molar-refractivity contribution < 1.29 is 22.7 Å². The van der Waals surface area contributed by atoms with Gasteiger partial charge in [-0.15, -0.1) is 9.24 Å². The minimum Gasteiger partial charge on any atom is -0.467 e. The Morgan fingerprint density at radius 1 is 1.25 bits per heavy atom. The van der Waals surface area contributed by atoms with Crippen molar-refractivity contribution in [2.45, 2.75) is 19.1 Å². The highest BCUT2D eigenvalue weighted by molar-refractivity contribution is 7.27. The van der Waals surface area contributed by atoms with Gasteiger partial charge >= 0.3 is 6.18 Å². The summed E-state index contributed by atoms with van der Waals surface area (Å²) < 4.78 is 40.6. The quantitative estimate of drug-likeness (QED) is 0.835. The number of carbonyl (C=O) groups excluding carboxylic acids is 1. The Kier molecular flexibility index (Phi) is 5.72. The van der Waals surface area contributed by atoms with Crippen LogP contribution in [0, 0.1) is 0 Å². The summed E-state index contributed by atoms with van der Waals surface area (Å²) in [5.41, 5.74) is 0.900. The van der Waals surface area contributed by atoms with Gasteiger partial charge in [-0.05, 0) is 24.4 Å². The minimum atomic E-state index is -4.44. The van der Waals surface area contributed by atoms with Crippen LogP contribution in [0.15, 0.2) is 36.7 Å². The molecule has 1 aromatic heterocycles. The van der Waals surface area contributed by atoms with Crippen LogP contribution in [0.3, 0.4) is 0 Å². The van der Waals surface area contributed by atoms with Crippen molar-refractivity contribution in [1.29, 1.82) is 0 Å². The summed E-state index contributed by atoms with van der Waals surface area (Å²) in [5, 5.41) is 3.70. The zero-order valence-corrected chi connectivity index (χ0v) is 13.8. The van der Waals surface area contributed by atoms with Gasteiger partial charge in [-0.3, -0.25) is 9.78 Å². The van der Waals surface area contributed by atoms with Crippen LogP contribution in [0.4, 0.5) is 13.2 Å². The molecule has 1 heterocycles. The summed E-state index contributed by atoms with van der Waals surface area (Å²) in [5.74, 6) is -0.516. The van der Waals surface area contributed by atoms with Crippen molar-refractivity contribution in [2.24, 2.45) is 0 Å². The Morgan fingerprint density at radius 3 is 2.46 bits per heavy atom. The molecule has 0 saturated carbocycles. The second-order valence-corrected chi connectivity index (χ2v) is 5.67. The van der Waals surface area contributed by atoms with Gasteiger partial charge in [0.2, 0.25) is 5.88 Å². The lowest BCUT2D eigenvalue weighted by molar-refractivity contribution is -0.154. The number of amides is 1. The highest BCUT2D eigenvalue weighted by atomic mass is 31.0. The number of benzene rings is 1. The second kappa shape index (κ2) is 7.57. The third-order valence-electron chi connectivity index (χ3n) is 3.00. The Bertz CT molecular complexity index is 691. The Morgan fingerprint density at radius 2 is 1.92 bits per heavy atom. The summed E-state index contributed by atoms with van der Waals surface area (Å²) in [4.78, 5) is 19.8. The van der Waals surface area contributed by atoms with Crippen LogP contribution in [-0.4, -0.2) is 28.7 Å². The maximum absolute atomic E-state index is 12.1. The van der Waals surface area contributed by atoms with Crippen molar-refractivity contribution in [1.82, 2.24) is 15.3 Å². The van der Waals surface area contributed by atoms with E-state index in [4.69, 9.17) is 0 Å². The topological polar surface area (TPSA) is 64.1 Å². The molecule has 0 aliphatic rings. The van der Waals surface area contributed by atoms with E-state index < -0.39 is 18.8 Å². The van der Waals surface area contributed by atoms with E-state index >= 15 is 0 Å². The zero-order valence-electron chi connectivity index (χ0n) is 12.7. The summed E-state index contributed by atoms with van der Waals surface area (Å²) in [7, 11) is 2.52. The normalized spacial score (nSPS) is 12.5. The Labute approximate surface area is 138 Å². The average Bonchev–Trinajstić information content (AvgIpc) is 2.53. The number of nitrogens with one attached hydrogen (secondary N) is 1. The molecule has 24 heavy (non-hydrogen) atoms. The first kappa shape index (κ1) is 18.1. The third-order valence-corrected chi connectivity index (χ3v) is 3.38. The molecule has 0 aliphatic carbocycles. The van der Waals surface area contributed by atoms with E-state index in [2.05, 4.69) is 29.3 Å². The molecule has 0 saturated heterocycles. The van der Waals surface area contributed by atoms with Crippen LogP contribution in [0.1, 0.15) is 29.0 Å². The molecule has 1 N–H and O–H groups in total. The van der Waals surface area contributed by atoms with Gasteiger partial charge in [-0.1, -0.05) is 12.1 Å². The number of hydrogen-bond acceptors (Lipinski definition) is 4. The third kappa shape index (κ3) is 5.45. The van der Waals surface area contributed by atoms with Gasteiger partial charge in [0.25, 0.3) is 5.91 Å². The van der Waals surface area contributed by atoms with Crippen LogP contribution in [0.5, 0.6) is 5.88 Å². The van der Waals surface area contributed by atoms with Gasteiger partial charge in [0.1, 0.15) is 0 Å². The molecule has 2 rings (SSSR count). The van der Waals surface area contributed by atoms with Crippen molar-refractivity contribution in [3.8, 4) is 5.88 Å². The van der Waals surface area contributed by atoms with Crippen LogP contribution in [0.2, 0.25) is 0 Å². The smallest absolute Gasteiger partial charge is 0.422 e. The maximum Gasteiger partial charge on any atom is 0.422 e. The summed E-state index contributed by atoms with van der Waals surface area (Å²) in [6.07, 6.45) is -2.08. The first-order valence-electron chi connectivity index (χ1n) is 6.92. The highest BCUT2D eigenvalue weighted by Gasteiger charge is 2.28. The molecule has 1 amide bonds. The van der Waals surface area contributed by atoms with E-state index in [0.29, 0.717) is 11.3 Å². The largest absolute Gasteiger partial charge is 0.467 e. The predicted octanol–water partition coefficient (Wildman–Crippen LogP) is 2.41. The molecule has 2 unspecified atom stereocenters. The SMILES string of the molecule is CC(NC(=O)c1ccc(P)cc1)c1cnc(OCC(F)(F)F)cn1. The van der Waals surface area contributed by atoms with Crippen LogP contribution in [-0.2, 0) is 0 Å². The molecule has 0 fully saturated rings. The Balaban J connectivity index is 1.95. The number of carbonyl (C=O) groups is 1. The number of rotatable bonds is 5. The molecular formula is C15H15F3N3O2P. The van der Waals surface area contributed by atoms with Gasteiger partial charge in [0.15, 0.2) is 6.61 Å². The fraction of sp³-hybridized carbons (Fsp3) is 0.267. The molecule has 0 spiro atoms. The predicted molar refractivity (Wildman–Crippen MR) is 85.2 cm³/mol. The number of halogens is 3. The molecule has 128 valence electrons. The van der Waals surface area contributed by atoms with E-state index in [9.17, 15) is 18.0 Å². The monoisotopic (exact) mass is 357 g/mol. The molecule has 0 bridgehead atoms. The van der Waals surface area contributed by atoms with Crippen molar-refractivity contribution in [3.05, 3.63) is 47.9 Å². The minimum absolute atomic E-state index is 0.231. The first-order chi connectivity index (χ1) is 11.2. The molecule has 1 aromatic carbocycles. The maximum atomic E-state index is 12.1. The molecule has 5 nitrogen and oxygen atoms in total. The van der Waals surface area contributed by atoms with E-state index in [1.54, 1.807) is 31.2 Å². The number of nitrogens with zero attached hydrogens (tertiary/aromatic N) is 2. The lowest BCUT2D eigenvalue weighted by atomic mass is 10.2. The number of ether oxygens (including phenoxy) is 1. The lowest BCUT2D eigenvalue weighted by Gasteiger charge is -2.14. The summed E-state index contributed by atoms with van der Waals surface area (Å²) in [6.45, 7) is 0.265. The standard InChI is InChI=1S/C15H15F3N3O2P/c1-9(21-14(22)10-2-4-11(24)5-3-10)12-6-20-13(7-19-12)23-8-15(16,17)18/h2-7,9H,8,24H2,1H3,(H,21,22). The van der Waals surface area contributed by atoms with Crippen LogP contribution < -0.4 is 15.4 Å². The van der Waals surface area contributed by atoms with Crippen molar-refractivity contribution in [2.75, 3.05) is 6.61 Å². The van der Waals surface area contributed by atoms with Crippen LogP contribution in [0.25, 0.3) is 0 Å². The first-order valence-corrected chi connectivity index (χ1v) is 7.50. The Hall–Kier alpha value is -2.21. The lowest BCUT2D eigenvalue weighted by Crippen LogP contribution is -2.27. The fourth-order valence-corrected chi connectivity index (χ4v) is 1.96. The molecule has 9 heteroatoms. The molecule has 0 radical (unpaired) electrons. The van der Waals surface area contributed by atoms with E-state index in [1.807, 2.05) is 0 Å². The molecule has 0 aliphatic heterocycles.